The Balaban J connectivity index is 2.41. The van der Waals surface area contributed by atoms with Gasteiger partial charge in [0.1, 0.15) is 12.4 Å². The van der Waals surface area contributed by atoms with Crippen molar-refractivity contribution in [2.45, 2.75) is 19.4 Å². The quantitative estimate of drug-likeness (QED) is 0.637. The largest absolute Gasteiger partial charge is 0.492 e. The minimum Gasteiger partial charge on any atom is -0.492 e. The van der Waals surface area contributed by atoms with Crippen LogP contribution in [-0.2, 0) is 11.3 Å². The van der Waals surface area contributed by atoms with E-state index in [4.69, 9.17) is 4.74 Å². The van der Waals surface area contributed by atoms with Gasteiger partial charge in [0.05, 0.1) is 0 Å². The Hall–Kier alpha value is -1.59. The molecule has 2 N–H and O–H groups in total. The maximum Gasteiger partial charge on any atom is 0.220 e. The lowest BCUT2D eigenvalue weighted by Gasteiger charge is -2.14. The monoisotopic (exact) mass is 293 g/mol. The van der Waals surface area contributed by atoms with Crippen molar-refractivity contribution in [3.8, 4) is 5.75 Å². The van der Waals surface area contributed by atoms with Gasteiger partial charge in [0.2, 0.25) is 5.91 Å². The van der Waals surface area contributed by atoms with Gasteiger partial charge in [0.15, 0.2) is 0 Å². The Morgan fingerprint density at radius 2 is 2.05 bits per heavy atom. The standard InChI is InChI=1S/C16H27N3O2/c1-17-10-6-9-16(20)18-13-14-7-4-5-8-15(14)21-12-11-19(2)3/h4-5,7-8,17H,6,9-13H2,1-3H3,(H,18,20). The first-order valence-corrected chi connectivity index (χ1v) is 7.40. The highest BCUT2D eigenvalue weighted by Gasteiger charge is 2.06. The third-order valence-corrected chi connectivity index (χ3v) is 3.08. The Kier molecular flexibility index (Phi) is 8.47. The highest BCUT2D eigenvalue weighted by Crippen LogP contribution is 2.17. The third-order valence-electron chi connectivity index (χ3n) is 3.08. The van der Waals surface area contributed by atoms with Crippen molar-refractivity contribution in [1.82, 2.24) is 15.5 Å². The number of nitrogens with zero attached hydrogens (tertiary/aromatic N) is 1. The number of ether oxygens (including phenoxy) is 1. The van der Waals surface area contributed by atoms with Crippen LogP contribution in [0.2, 0.25) is 0 Å². The summed E-state index contributed by atoms with van der Waals surface area (Å²) >= 11 is 0. The van der Waals surface area contributed by atoms with Crippen LogP contribution >= 0.6 is 0 Å². The van der Waals surface area contributed by atoms with E-state index in [0.717, 1.165) is 30.8 Å². The van der Waals surface area contributed by atoms with Gasteiger partial charge in [-0.15, -0.1) is 0 Å². The summed E-state index contributed by atoms with van der Waals surface area (Å²) < 4.78 is 5.78. The molecule has 0 aliphatic rings. The maximum atomic E-state index is 11.7. The van der Waals surface area contributed by atoms with Gasteiger partial charge in [0.25, 0.3) is 0 Å². The van der Waals surface area contributed by atoms with Crippen LogP contribution in [0.1, 0.15) is 18.4 Å². The van der Waals surface area contributed by atoms with Gasteiger partial charge in [-0.3, -0.25) is 4.79 Å². The van der Waals surface area contributed by atoms with Gasteiger partial charge in [-0.2, -0.15) is 0 Å². The minimum absolute atomic E-state index is 0.0772. The first kappa shape index (κ1) is 17.5. The van der Waals surface area contributed by atoms with Crippen molar-refractivity contribution >= 4 is 5.91 Å². The molecular weight excluding hydrogens is 266 g/mol. The molecule has 5 heteroatoms. The van der Waals surface area contributed by atoms with Crippen LogP contribution in [-0.4, -0.2) is 51.6 Å². The number of hydrogen-bond acceptors (Lipinski definition) is 4. The van der Waals surface area contributed by atoms with E-state index in [2.05, 4.69) is 15.5 Å². The lowest BCUT2D eigenvalue weighted by atomic mass is 10.2. The zero-order valence-corrected chi connectivity index (χ0v) is 13.3. The fraction of sp³-hybridized carbons (Fsp3) is 0.562. The normalized spacial score (nSPS) is 10.7. The molecule has 1 aromatic carbocycles. The van der Waals surface area contributed by atoms with E-state index in [0.29, 0.717) is 19.6 Å². The molecule has 1 aromatic rings. The van der Waals surface area contributed by atoms with Crippen LogP contribution in [0, 0.1) is 0 Å². The number of para-hydroxylation sites is 1. The predicted molar refractivity (Wildman–Crippen MR) is 85.5 cm³/mol. The maximum absolute atomic E-state index is 11.7. The summed E-state index contributed by atoms with van der Waals surface area (Å²) in [5.41, 5.74) is 1.01. The van der Waals surface area contributed by atoms with Crippen LogP contribution in [0.4, 0.5) is 0 Å². The SMILES string of the molecule is CNCCCC(=O)NCc1ccccc1OCCN(C)C. The lowest BCUT2D eigenvalue weighted by molar-refractivity contribution is -0.121. The number of carbonyl (C=O) groups is 1. The number of benzene rings is 1. The number of amides is 1. The summed E-state index contributed by atoms with van der Waals surface area (Å²) in [5, 5.41) is 5.97. The van der Waals surface area contributed by atoms with E-state index in [1.807, 2.05) is 45.4 Å². The second kappa shape index (κ2) is 10.2. The highest BCUT2D eigenvalue weighted by molar-refractivity contribution is 5.75. The van der Waals surface area contributed by atoms with E-state index < -0.39 is 0 Å². The molecule has 21 heavy (non-hydrogen) atoms. The summed E-state index contributed by atoms with van der Waals surface area (Å²) in [4.78, 5) is 13.8. The molecule has 118 valence electrons. The fourth-order valence-electron chi connectivity index (χ4n) is 1.84. The van der Waals surface area contributed by atoms with Gasteiger partial charge in [0, 0.05) is 25.1 Å². The van der Waals surface area contributed by atoms with E-state index in [9.17, 15) is 4.79 Å². The number of hydrogen-bond donors (Lipinski definition) is 2. The van der Waals surface area contributed by atoms with Crippen molar-refractivity contribution < 1.29 is 9.53 Å². The lowest BCUT2D eigenvalue weighted by Crippen LogP contribution is -2.24. The van der Waals surface area contributed by atoms with Crippen molar-refractivity contribution in [1.29, 1.82) is 0 Å². The Labute approximate surface area is 127 Å². The van der Waals surface area contributed by atoms with Crippen molar-refractivity contribution in [3.63, 3.8) is 0 Å². The zero-order chi connectivity index (χ0) is 15.5. The molecule has 0 bridgehead atoms. The molecule has 0 saturated carbocycles. The van der Waals surface area contributed by atoms with Gasteiger partial charge in [-0.05, 0) is 40.2 Å². The molecule has 0 fully saturated rings. The molecule has 0 saturated heterocycles. The van der Waals surface area contributed by atoms with E-state index in [-0.39, 0.29) is 5.91 Å². The fourth-order valence-corrected chi connectivity index (χ4v) is 1.84. The Morgan fingerprint density at radius 1 is 1.29 bits per heavy atom. The van der Waals surface area contributed by atoms with E-state index in [1.54, 1.807) is 0 Å². The Morgan fingerprint density at radius 3 is 2.76 bits per heavy atom. The van der Waals surface area contributed by atoms with E-state index >= 15 is 0 Å². The average molecular weight is 293 g/mol. The zero-order valence-electron chi connectivity index (χ0n) is 13.3. The third kappa shape index (κ3) is 7.68. The first-order chi connectivity index (χ1) is 10.1. The molecule has 1 rings (SSSR count). The summed E-state index contributed by atoms with van der Waals surface area (Å²) in [6, 6.07) is 7.83. The predicted octanol–water partition coefficient (Wildman–Crippen LogP) is 1.24. The second-order valence-corrected chi connectivity index (χ2v) is 5.24. The number of likely N-dealkylation sites (N-methyl/N-ethyl adjacent to an activating group) is 1. The molecule has 0 aliphatic heterocycles. The molecule has 0 radical (unpaired) electrons. The van der Waals surface area contributed by atoms with Crippen molar-refractivity contribution in [2.75, 3.05) is 40.8 Å². The summed E-state index contributed by atoms with van der Waals surface area (Å²) in [6.07, 6.45) is 1.40. The van der Waals surface area contributed by atoms with Gasteiger partial charge >= 0.3 is 0 Å². The topological polar surface area (TPSA) is 53.6 Å². The van der Waals surface area contributed by atoms with Gasteiger partial charge in [-0.25, -0.2) is 0 Å². The number of rotatable bonds is 10. The molecule has 1 amide bonds. The van der Waals surface area contributed by atoms with Crippen LogP contribution in [0.15, 0.2) is 24.3 Å². The van der Waals surface area contributed by atoms with Gasteiger partial charge < -0.3 is 20.3 Å². The minimum atomic E-state index is 0.0772. The van der Waals surface area contributed by atoms with Crippen LogP contribution in [0.25, 0.3) is 0 Å². The van der Waals surface area contributed by atoms with Crippen LogP contribution in [0.3, 0.4) is 0 Å². The van der Waals surface area contributed by atoms with Crippen LogP contribution in [0.5, 0.6) is 5.75 Å². The first-order valence-electron chi connectivity index (χ1n) is 7.40. The van der Waals surface area contributed by atoms with Gasteiger partial charge in [-0.1, -0.05) is 18.2 Å². The molecule has 0 atom stereocenters. The highest BCUT2D eigenvalue weighted by atomic mass is 16.5. The molecule has 0 spiro atoms. The molecular formula is C16H27N3O2. The van der Waals surface area contributed by atoms with Crippen LogP contribution < -0.4 is 15.4 Å². The summed E-state index contributed by atoms with van der Waals surface area (Å²) in [7, 11) is 5.92. The number of carbonyl (C=O) groups excluding carboxylic acids is 1. The molecule has 0 aliphatic carbocycles. The molecule has 0 heterocycles. The summed E-state index contributed by atoms with van der Waals surface area (Å²) in [5.74, 6) is 0.920. The summed E-state index contributed by atoms with van der Waals surface area (Å²) in [6.45, 7) is 2.87. The number of nitrogens with one attached hydrogen (secondary N) is 2. The molecule has 0 unspecified atom stereocenters. The second-order valence-electron chi connectivity index (χ2n) is 5.24. The van der Waals surface area contributed by atoms with Crippen molar-refractivity contribution in [3.05, 3.63) is 29.8 Å². The van der Waals surface area contributed by atoms with E-state index in [1.165, 1.54) is 0 Å². The Bertz CT molecular complexity index is 422. The molecule has 0 aromatic heterocycles. The smallest absolute Gasteiger partial charge is 0.220 e. The molecule has 5 nitrogen and oxygen atoms in total. The van der Waals surface area contributed by atoms with Crippen molar-refractivity contribution in [2.24, 2.45) is 0 Å². The average Bonchev–Trinajstić information content (AvgIpc) is 2.46.